The highest BCUT2D eigenvalue weighted by Crippen LogP contribution is 2.33. The number of nitrogens with zero attached hydrogens (tertiary/aromatic N) is 10. The van der Waals surface area contributed by atoms with Crippen molar-refractivity contribution in [3.63, 3.8) is 0 Å². The summed E-state index contributed by atoms with van der Waals surface area (Å²) in [5.74, 6) is 0.767. The summed E-state index contributed by atoms with van der Waals surface area (Å²) in [7, 11) is 1.67. The summed E-state index contributed by atoms with van der Waals surface area (Å²) in [5.41, 5.74) is 5.41. The van der Waals surface area contributed by atoms with Crippen LogP contribution in [0, 0.1) is 116 Å². The fraction of sp³-hybridized carbons (Fsp3) is 0.0423. The van der Waals surface area contributed by atoms with Crippen molar-refractivity contribution in [1.29, 1.82) is 0 Å². The van der Waals surface area contributed by atoms with Gasteiger partial charge in [-0.15, -0.1) is 0 Å². The summed E-state index contributed by atoms with van der Waals surface area (Å²) in [6.07, 6.45) is 0.188. The van der Waals surface area contributed by atoms with Gasteiger partial charge >= 0.3 is 12.4 Å². The Bertz CT molecular complexity index is 4950. The molecule has 12 aromatic rings. The zero-order valence-corrected chi connectivity index (χ0v) is 83.3. The Kier molecular flexibility index (Phi) is 55.0. The van der Waals surface area contributed by atoms with Crippen LogP contribution in [0.15, 0.2) is 262 Å². The van der Waals surface area contributed by atoms with Gasteiger partial charge in [-0.05, 0) is 358 Å². The van der Waals surface area contributed by atoms with E-state index in [0.717, 1.165) is 60.8 Å². The van der Waals surface area contributed by atoms with Gasteiger partial charge in [0.2, 0.25) is 5.69 Å². The molecule has 0 bridgehead atoms. The van der Waals surface area contributed by atoms with E-state index in [4.69, 9.17) is 17.0 Å². The zero-order chi connectivity index (χ0) is 87.0. The molecular weight excluding hydrogens is 2880 g/mol. The maximum Gasteiger partial charge on any atom is 0.417 e. The molecule has 0 fully saturated rings. The number of nitrogens with two attached hydrogens (primary N) is 1. The van der Waals surface area contributed by atoms with E-state index in [2.05, 4.69) is 138 Å². The lowest BCUT2D eigenvalue weighted by atomic mass is 10.2. The Morgan fingerprint density at radius 3 is 1.20 bits per heavy atom. The molecule has 115 heavy (non-hydrogen) atoms. The predicted molar refractivity (Wildman–Crippen MR) is 525 cm³/mol. The molecule has 0 atom stereocenters. The number of nitro benzene ring substituents is 6. The van der Waals surface area contributed by atoms with E-state index < -0.39 is 48.1 Å². The summed E-state index contributed by atoms with van der Waals surface area (Å²) in [6.45, 7) is 6.72. The van der Waals surface area contributed by atoms with Gasteiger partial charge in [-0.25, -0.2) is 14.2 Å². The highest BCUT2D eigenvalue weighted by atomic mass is 127. The third kappa shape index (κ3) is 48.8. The molecule has 0 aliphatic heterocycles. The standard InChI is InChI=1S/2C7H4F3I.C7H3IN2O2.C7H7IO.C6H4FI.C6H3IN2O4.3C6H4INO2.C6H6IN.C4H3IN2.C3H3IN2/c8-7(9,10)5-1-3-6(11)4-2-5;8-7(9,10)5-3-1-2-4-6(5)11;1-9-7-4-5(10(11)12)2-3-6(7)8;1-9-7-4-2-6(8)3-5-7;7-5-3-1-2-4-6(5)8;7-4-1-5(8(10)11)3-6(2-4)9(12)13;7-5-1-3-6(4-2-5)8(9)10;7-5-2-1-3-6(4-5)8(9)10;7-5-3-1-2-4-6(5)8(9)10;7-5-3-1-2-4-6(5)8;5-4-3-6-1-2-7-4;4-3-1-5-6-2-3/h2*1-4H;2-4H;2-5H,1H3;1-4H;1-3H;3*1-4H;1-4H,8H2;1-3H;1-2H,(H,5,6). The van der Waals surface area contributed by atoms with Crippen LogP contribution >= 0.6 is 271 Å². The molecule has 0 aliphatic carbocycles. The van der Waals surface area contributed by atoms with Crippen molar-refractivity contribution in [1.82, 2.24) is 20.2 Å². The number of rotatable bonds is 7. The van der Waals surface area contributed by atoms with Crippen LogP contribution in [0.25, 0.3) is 4.85 Å². The zero-order valence-electron chi connectivity index (χ0n) is 57.4. The summed E-state index contributed by atoms with van der Waals surface area (Å²) in [6, 6.07) is 60.0. The molecule has 0 spiro atoms. The van der Waals surface area contributed by atoms with Crippen LogP contribution in [0.2, 0.25) is 0 Å². The third-order valence-corrected chi connectivity index (χ3v) is 21.0. The number of nitrogen functional groups attached to an aromatic ring is 1. The first-order valence-electron chi connectivity index (χ1n) is 30.0. The molecule has 10 aromatic carbocycles. The lowest BCUT2D eigenvalue weighted by Crippen LogP contribution is -2.06. The van der Waals surface area contributed by atoms with Gasteiger partial charge in [-0.2, -0.15) is 31.4 Å². The van der Waals surface area contributed by atoms with Gasteiger partial charge in [0.1, 0.15) is 15.3 Å². The number of anilines is 1. The average Bonchev–Trinajstić information content (AvgIpc) is 1.82. The molecule has 0 amide bonds. The third-order valence-electron chi connectivity index (χ3n) is 11.8. The summed E-state index contributed by atoms with van der Waals surface area (Å²) in [5, 5.41) is 67.8. The molecule has 0 saturated heterocycles. The fourth-order valence-corrected chi connectivity index (χ4v) is 11.9. The molecule has 25 nitrogen and oxygen atoms in total. The number of H-pyrrole nitrogens is 1. The van der Waals surface area contributed by atoms with E-state index >= 15 is 0 Å². The van der Waals surface area contributed by atoms with Crippen molar-refractivity contribution in [2.45, 2.75) is 12.4 Å². The van der Waals surface area contributed by atoms with Crippen LogP contribution in [-0.4, -0.2) is 56.8 Å². The number of benzene rings is 10. The molecule has 0 aliphatic rings. The van der Waals surface area contributed by atoms with E-state index in [1.807, 2.05) is 180 Å². The van der Waals surface area contributed by atoms with Crippen molar-refractivity contribution in [3.05, 3.63) is 394 Å². The van der Waals surface area contributed by atoms with Crippen molar-refractivity contribution < 1.29 is 65.0 Å². The highest BCUT2D eigenvalue weighted by molar-refractivity contribution is 14.1. The van der Waals surface area contributed by atoms with Gasteiger partial charge in [0.25, 0.3) is 34.1 Å². The van der Waals surface area contributed by atoms with Crippen LogP contribution in [0.1, 0.15) is 11.1 Å². The van der Waals surface area contributed by atoms with E-state index in [0.29, 0.717) is 16.4 Å². The minimum atomic E-state index is -4.22. The Labute approximate surface area is 814 Å². The Hall–Kier alpha value is -5.75. The summed E-state index contributed by atoms with van der Waals surface area (Å²) in [4.78, 5) is 69.2. The number of ether oxygens (including phenoxy) is 1. The van der Waals surface area contributed by atoms with Crippen LogP contribution < -0.4 is 10.5 Å². The van der Waals surface area contributed by atoms with E-state index in [1.165, 1.54) is 88.5 Å². The summed E-state index contributed by atoms with van der Waals surface area (Å²) >= 11 is 24.1. The molecule has 0 radical (unpaired) electrons. The number of alkyl halides is 6. The summed E-state index contributed by atoms with van der Waals surface area (Å²) < 4.78 is 99.0. The van der Waals surface area contributed by atoms with Gasteiger partial charge in [-0.1, -0.05) is 83.3 Å². The number of aromatic amines is 1. The van der Waals surface area contributed by atoms with Gasteiger partial charge < -0.3 is 10.5 Å². The SMILES string of the molecule is COc1ccc(I)cc1.FC(F)(F)c1ccc(I)cc1.FC(F)(F)c1ccccc1I.Fc1ccccc1I.Ic1cn[nH]c1.Ic1cnccn1.Nc1ccccc1I.O=[N+]([O-])c1cc(I)cc([N+](=O)[O-])c1.O=[N+]([O-])c1ccc(I)cc1.O=[N+]([O-])c1cccc(I)c1.O=[N+]([O-])c1ccccc1I.[C-]#[N+]c1cc([N+](=O)[O-])ccc1I. The molecule has 604 valence electrons. The number of hydrogen-bond donors (Lipinski definition) is 2. The van der Waals surface area contributed by atoms with Gasteiger partial charge in [0.05, 0.1) is 79.9 Å². The molecule has 2 heterocycles. The topological polar surface area (TPSA) is 353 Å². The second-order valence-electron chi connectivity index (χ2n) is 19.9. The Morgan fingerprint density at radius 2 is 0.870 bits per heavy atom. The molecule has 2 aromatic heterocycles. The van der Waals surface area contributed by atoms with Crippen molar-refractivity contribution in [2.75, 3.05) is 12.8 Å². The van der Waals surface area contributed by atoms with Crippen LogP contribution in [0.5, 0.6) is 5.75 Å². The molecule has 0 unspecified atom stereocenters. The number of hydrogen-bond acceptors (Lipinski definition) is 17. The van der Waals surface area contributed by atoms with E-state index in [1.54, 1.807) is 138 Å². The molecule has 3 N–H and O–H groups in total. The number of non-ortho nitro benzene ring substituents is 5. The van der Waals surface area contributed by atoms with Crippen molar-refractivity contribution in [2.24, 2.45) is 0 Å². The Balaban J connectivity index is 0.000000630. The van der Waals surface area contributed by atoms with E-state index in [9.17, 15) is 91.4 Å². The minimum absolute atomic E-state index is 0.0404. The monoisotopic (exact) mass is 2930 g/mol. The molecule has 0 saturated carbocycles. The van der Waals surface area contributed by atoms with Gasteiger partial charge in [0, 0.05) is 111 Å². The minimum Gasteiger partial charge on any atom is -0.497 e. The van der Waals surface area contributed by atoms with Crippen molar-refractivity contribution in [3.8, 4) is 5.75 Å². The lowest BCUT2D eigenvalue weighted by Gasteiger charge is -2.07. The van der Waals surface area contributed by atoms with Crippen LogP contribution in [0.4, 0.5) is 76.2 Å². The number of aromatic nitrogens is 4. The second kappa shape index (κ2) is 59.0. The van der Waals surface area contributed by atoms with Gasteiger partial charge in [-0.3, -0.25) is 70.8 Å². The van der Waals surface area contributed by atoms with Crippen LogP contribution in [0.3, 0.4) is 0 Å². The van der Waals surface area contributed by atoms with E-state index in [-0.39, 0.29) is 48.4 Å². The highest BCUT2D eigenvalue weighted by Gasteiger charge is 2.32. The first kappa shape index (κ1) is 107. The number of nitrogens with one attached hydrogen (secondary N) is 1. The number of methoxy groups -OCH3 is 1. The maximum absolute atomic E-state index is 12.3. The first-order valence-corrected chi connectivity index (χ1v) is 42.9. The molecule has 44 heteroatoms. The van der Waals surface area contributed by atoms with Crippen molar-refractivity contribution >= 4 is 317 Å². The van der Waals surface area contributed by atoms with Crippen LogP contribution in [-0.2, 0) is 12.4 Å². The number of para-hydroxylation sites is 2. The number of halogens is 19. The second-order valence-corrected chi connectivity index (χ2v) is 34.3. The van der Waals surface area contributed by atoms with Gasteiger partial charge in [0.15, 0.2) is 0 Å². The number of nitro groups is 6. The quantitative estimate of drug-likeness (QED) is 0.0374. The normalized spacial score (nSPS) is 9.66. The average molecular weight is 2930 g/mol. The predicted octanol–water partition coefficient (Wildman–Crippen LogP) is 26.8. The largest absolute Gasteiger partial charge is 0.497 e. The molecular formula is C71H49F7I12N12O13. The smallest absolute Gasteiger partial charge is 0.417 e. The molecule has 12 rings (SSSR count). The fourth-order valence-electron chi connectivity index (χ4n) is 6.55. The Morgan fingerprint density at radius 1 is 0.417 bits per heavy atom. The maximum atomic E-state index is 12.3. The lowest BCUT2D eigenvalue weighted by molar-refractivity contribution is -0.394. The first-order chi connectivity index (χ1) is 54.0.